The van der Waals surface area contributed by atoms with Crippen LogP contribution in [0.1, 0.15) is 32.1 Å². The number of ether oxygens (including phenoxy) is 1. The number of ketones is 1. The summed E-state index contributed by atoms with van der Waals surface area (Å²) in [6.45, 7) is 0. The Hall–Kier alpha value is -1.22. The fourth-order valence-electron chi connectivity index (χ4n) is 3.39. The second-order valence-electron chi connectivity index (χ2n) is 5.41. The van der Waals surface area contributed by atoms with E-state index in [4.69, 9.17) is 16.3 Å². The van der Waals surface area contributed by atoms with Crippen LogP contribution in [0.25, 0.3) is 0 Å². The van der Waals surface area contributed by atoms with Crippen molar-refractivity contribution < 1.29 is 9.53 Å². The van der Waals surface area contributed by atoms with Gasteiger partial charge in [-0.3, -0.25) is 4.79 Å². The van der Waals surface area contributed by atoms with Gasteiger partial charge in [0.15, 0.2) is 0 Å². The van der Waals surface area contributed by atoms with Crippen molar-refractivity contribution in [2.24, 2.45) is 0 Å². The Kier molecular flexibility index (Phi) is 3.40. The molecule has 0 aromatic heterocycles. The number of rotatable bonds is 2. The van der Waals surface area contributed by atoms with Gasteiger partial charge < -0.3 is 9.64 Å². The van der Waals surface area contributed by atoms with Crippen molar-refractivity contribution in [1.29, 1.82) is 0 Å². The first-order valence-electron chi connectivity index (χ1n) is 6.82. The highest BCUT2D eigenvalue weighted by Crippen LogP contribution is 2.40. The molecule has 2 saturated heterocycles. The Morgan fingerprint density at radius 3 is 2.58 bits per heavy atom. The third-order valence-electron chi connectivity index (χ3n) is 4.22. The summed E-state index contributed by atoms with van der Waals surface area (Å²) in [4.78, 5) is 14.1. The van der Waals surface area contributed by atoms with Crippen LogP contribution >= 0.6 is 11.6 Å². The highest BCUT2D eigenvalue weighted by atomic mass is 35.5. The number of anilines is 1. The lowest BCUT2D eigenvalue weighted by Gasteiger charge is -2.47. The second-order valence-corrected chi connectivity index (χ2v) is 5.82. The van der Waals surface area contributed by atoms with Crippen LogP contribution in [0.3, 0.4) is 0 Å². The average molecular weight is 280 g/mol. The fraction of sp³-hybridized carbons (Fsp3) is 0.533. The molecule has 2 heterocycles. The molecule has 0 aliphatic carbocycles. The van der Waals surface area contributed by atoms with E-state index in [1.165, 1.54) is 6.42 Å². The van der Waals surface area contributed by atoms with Gasteiger partial charge in [-0.25, -0.2) is 0 Å². The summed E-state index contributed by atoms with van der Waals surface area (Å²) in [6, 6.07) is 6.36. The molecule has 4 heteroatoms. The molecule has 3 rings (SSSR count). The van der Waals surface area contributed by atoms with Crippen molar-refractivity contribution in [3.63, 3.8) is 0 Å². The van der Waals surface area contributed by atoms with Crippen molar-refractivity contribution in [2.75, 3.05) is 12.0 Å². The van der Waals surface area contributed by atoms with E-state index in [0.717, 1.165) is 29.3 Å². The minimum atomic E-state index is 0.310. The number of carbonyl (C=O) groups excluding carboxylic acids is 1. The zero-order chi connectivity index (χ0) is 13.4. The van der Waals surface area contributed by atoms with Gasteiger partial charge in [0.1, 0.15) is 11.5 Å². The van der Waals surface area contributed by atoms with Gasteiger partial charge in [-0.05, 0) is 31.4 Å². The number of hydrogen-bond donors (Lipinski definition) is 0. The number of nitrogens with zero attached hydrogens (tertiary/aromatic N) is 1. The molecule has 102 valence electrons. The summed E-state index contributed by atoms with van der Waals surface area (Å²) in [6.07, 6.45) is 4.68. The van der Waals surface area contributed by atoms with Gasteiger partial charge in [0.25, 0.3) is 0 Å². The highest BCUT2D eigenvalue weighted by Gasteiger charge is 2.38. The van der Waals surface area contributed by atoms with Gasteiger partial charge in [0.05, 0.1) is 17.8 Å². The molecule has 0 spiro atoms. The van der Waals surface area contributed by atoms with Gasteiger partial charge in [-0.15, -0.1) is 0 Å². The van der Waals surface area contributed by atoms with Crippen LogP contribution in [0.15, 0.2) is 18.2 Å². The number of benzene rings is 1. The van der Waals surface area contributed by atoms with Crippen LogP contribution in [-0.4, -0.2) is 25.0 Å². The molecular weight excluding hydrogens is 262 g/mol. The third kappa shape index (κ3) is 2.32. The van der Waals surface area contributed by atoms with E-state index >= 15 is 0 Å². The molecule has 1 aromatic rings. The summed E-state index contributed by atoms with van der Waals surface area (Å²) in [5.74, 6) is 1.21. The second kappa shape index (κ2) is 5.04. The highest BCUT2D eigenvalue weighted by molar-refractivity contribution is 6.33. The van der Waals surface area contributed by atoms with Crippen molar-refractivity contribution in [1.82, 2.24) is 0 Å². The lowest BCUT2D eigenvalue weighted by atomic mass is 9.83. The van der Waals surface area contributed by atoms with E-state index in [2.05, 4.69) is 4.90 Å². The minimum absolute atomic E-state index is 0.310. The van der Waals surface area contributed by atoms with Crippen LogP contribution in [0.4, 0.5) is 5.69 Å². The number of halogens is 1. The maximum atomic E-state index is 11.8. The molecule has 2 bridgehead atoms. The van der Waals surface area contributed by atoms with Crippen molar-refractivity contribution >= 4 is 23.1 Å². The maximum Gasteiger partial charge on any atom is 0.137 e. The predicted molar refractivity (Wildman–Crippen MR) is 76.2 cm³/mol. The largest absolute Gasteiger partial charge is 0.497 e. The molecule has 2 unspecified atom stereocenters. The number of fused-ring (bicyclic) bond motifs is 2. The Morgan fingerprint density at radius 1 is 1.26 bits per heavy atom. The summed E-state index contributed by atoms with van der Waals surface area (Å²) in [5, 5.41) is 0.743. The molecular formula is C15H18ClNO2. The molecule has 2 aliphatic rings. The first kappa shape index (κ1) is 12.8. The summed E-state index contributed by atoms with van der Waals surface area (Å²) < 4.78 is 5.29. The summed E-state index contributed by atoms with van der Waals surface area (Å²) >= 11 is 6.35. The predicted octanol–water partition coefficient (Wildman–Crippen LogP) is 3.44. The van der Waals surface area contributed by atoms with Crippen molar-refractivity contribution in [2.45, 2.75) is 44.2 Å². The molecule has 2 fully saturated rings. The molecule has 2 aliphatic heterocycles. The molecule has 2 atom stereocenters. The molecule has 19 heavy (non-hydrogen) atoms. The number of carbonyl (C=O) groups is 1. The smallest absolute Gasteiger partial charge is 0.137 e. The SMILES string of the molecule is COc1ccc(Cl)c(N2C3CCCC2CC(=O)C3)c1. The molecule has 0 amide bonds. The molecule has 0 saturated carbocycles. The number of methoxy groups -OCH3 is 1. The topological polar surface area (TPSA) is 29.5 Å². The summed E-state index contributed by atoms with van der Waals surface area (Å²) in [5.41, 5.74) is 1.02. The molecule has 3 nitrogen and oxygen atoms in total. The van der Waals surface area contributed by atoms with Gasteiger partial charge >= 0.3 is 0 Å². The van der Waals surface area contributed by atoms with Gasteiger partial charge in [-0.2, -0.15) is 0 Å². The van der Waals surface area contributed by atoms with E-state index in [0.29, 0.717) is 30.7 Å². The Balaban J connectivity index is 1.98. The first-order valence-corrected chi connectivity index (χ1v) is 7.20. The zero-order valence-corrected chi connectivity index (χ0v) is 11.8. The standard InChI is InChI=1S/C15H18ClNO2/c1-19-13-5-6-14(16)15(9-13)17-10-3-2-4-11(17)8-12(18)7-10/h5-6,9-11H,2-4,7-8H2,1H3. The number of hydrogen-bond acceptors (Lipinski definition) is 3. The van der Waals surface area contributed by atoms with E-state index in [9.17, 15) is 4.79 Å². The molecule has 0 radical (unpaired) electrons. The van der Waals surface area contributed by atoms with E-state index in [1.54, 1.807) is 7.11 Å². The van der Waals surface area contributed by atoms with Crippen LogP contribution in [0, 0.1) is 0 Å². The Bertz CT molecular complexity index is 487. The lowest BCUT2D eigenvalue weighted by molar-refractivity contribution is -0.121. The number of Topliss-reactive ketones (excluding diaryl/α,β-unsaturated/α-hetero) is 1. The van der Waals surface area contributed by atoms with Crippen LogP contribution < -0.4 is 9.64 Å². The zero-order valence-electron chi connectivity index (χ0n) is 11.1. The minimum Gasteiger partial charge on any atom is -0.497 e. The molecule has 1 aromatic carbocycles. The Labute approximate surface area is 118 Å². The summed E-state index contributed by atoms with van der Waals surface area (Å²) in [7, 11) is 1.66. The van der Waals surface area contributed by atoms with Crippen molar-refractivity contribution in [3.05, 3.63) is 23.2 Å². The number of piperidine rings is 2. The third-order valence-corrected chi connectivity index (χ3v) is 4.54. The van der Waals surface area contributed by atoms with E-state index in [-0.39, 0.29) is 0 Å². The Morgan fingerprint density at radius 2 is 1.95 bits per heavy atom. The van der Waals surface area contributed by atoms with Crippen LogP contribution in [-0.2, 0) is 4.79 Å². The maximum absolute atomic E-state index is 11.8. The van der Waals surface area contributed by atoms with Gasteiger partial charge in [0.2, 0.25) is 0 Å². The monoisotopic (exact) mass is 279 g/mol. The lowest BCUT2D eigenvalue weighted by Crippen LogP contribution is -2.52. The van der Waals surface area contributed by atoms with Crippen LogP contribution in [0.5, 0.6) is 5.75 Å². The van der Waals surface area contributed by atoms with Gasteiger partial charge in [-0.1, -0.05) is 11.6 Å². The van der Waals surface area contributed by atoms with E-state index in [1.807, 2.05) is 18.2 Å². The normalized spacial score (nSPS) is 26.4. The van der Waals surface area contributed by atoms with E-state index < -0.39 is 0 Å². The van der Waals surface area contributed by atoms with Crippen molar-refractivity contribution in [3.8, 4) is 5.75 Å². The fourth-order valence-corrected chi connectivity index (χ4v) is 3.60. The van der Waals surface area contributed by atoms with Crippen LogP contribution in [0.2, 0.25) is 5.02 Å². The molecule has 0 N–H and O–H groups in total. The van der Waals surface area contributed by atoms with Gasteiger partial charge in [0, 0.05) is 31.0 Å². The first-order chi connectivity index (χ1) is 9.19. The average Bonchev–Trinajstić information content (AvgIpc) is 2.39. The quantitative estimate of drug-likeness (QED) is 0.831.